The summed E-state index contributed by atoms with van der Waals surface area (Å²) in [7, 11) is 1.86. The van der Waals surface area contributed by atoms with Gasteiger partial charge >= 0.3 is 6.18 Å². The first-order valence-electron chi connectivity index (χ1n) is 6.58. The third-order valence-electron chi connectivity index (χ3n) is 3.45. The lowest BCUT2D eigenvalue weighted by atomic mass is 9.95. The van der Waals surface area contributed by atoms with Crippen LogP contribution in [0, 0.1) is 0 Å². The highest BCUT2D eigenvalue weighted by Gasteiger charge is 2.31. The van der Waals surface area contributed by atoms with E-state index in [0.29, 0.717) is 5.39 Å². The quantitative estimate of drug-likeness (QED) is 0.904. The van der Waals surface area contributed by atoms with Gasteiger partial charge in [-0.05, 0) is 44.6 Å². The van der Waals surface area contributed by atoms with Crippen LogP contribution in [-0.4, -0.2) is 18.7 Å². The molecule has 1 aromatic carbocycles. The molecule has 1 unspecified atom stereocenters. The van der Waals surface area contributed by atoms with Crippen molar-refractivity contribution in [2.45, 2.75) is 31.9 Å². The van der Waals surface area contributed by atoms with Crippen LogP contribution in [0.1, 0.15) is 36.9 Å². The van der Waals surface area contributed by atoms with Crippen molar-refractivity contribution in [3.8, 4) is 0 Å². The van der Waals surface area contributed by atoms with E-state index in [-0.39, 0.29) is 11.5 Å². The molecule has 1 aromatic heterocycles. The largest absolute Gasteiger partial charge is 0.416 e. The lowest BCUT2D eigenvalue weighted by Crippen LogP contribution is -2.12. The Labute approximate surface area is 115 Å². The van der Waals surface area contributed by atoms with E-state index in [9.17, 15) is 13.2 Å². The number of fused-ring (bicyclic) bond motifs is 1. The summed E-state index contributed by atoms with van der Waals surface area (Å²) in [5, 5.41) is 7.70. The molecule has 0 amide bonds. The summed E-state index contributed by atoms with van der Waals surface area (Å²) in [6.45, 7) is 2.86. The highest BCUT2D eigenvalue weighted by atomic mass is 19.4. The van der Waals surface area contributed by atoms with Crippen LogP contribution >= 0.6 is 0 Å². The summed E-state index contributed by atoms with van der Waals surface area (Å²) < 4.78 is 43.0. The van der Waals surface area contributed by atoms with Crippen molar-refractivity contribution < 1.29 is 17.7 Å². The molecule has 0 aliphatic carbocycles. The fraction of sp³-hybridized carbons (Fsp3) is 0.500. The standard InChI is InChI=1S/C14H17F3N2O/c1-3-9(6-7-18-2)13-11-5-4-10(14(15,16)17)8-12(11)20-19-13/h4-5,8-9,18H,3,6-7H2,1-2H3. The molecule has 3 nitrogen and oxygen atoms in total. The molecule has 2 rings (SSSR count). The second kappa shape index (κ2) is 5.83. The lowest BCUT2D eigenvalue weighted by Gasteiger charge is -2.11. The second-order valence-electron chi connectivity index (χ2n) is 4.77. The number of rotatable bonds is 5. The lowest BCUT2D eigenvalue weighted by molar-refractivity contribution is -0.137. The smallest absolute Gasteiger partial charge is 0.356 e. The molecule has 6 heteroatoms. The molecule has 110 valence electrons. The molecule has 0 saturated carbocycles. The molecule has 1 N–H and O–H groups in total. The van der Waals surface area contributed by atoms with Crippen LogP contribution in [-0.2, 0) is 6.18 Å². The summed E-state index contributed by atoms with van der Waals surface area (Å²) in [6.07, 6.45) is -2.63. The van der Waals surface area contributed by atoms with Gasteiger partial charge in [0.05, 0.1) is 11.3 Å². The summed E-state index contributed by atoms with van der Waals surface area (Å²) in [6, 6.07) is 3.54. The van der Waals surface area contributed by atoms with Gasteiger partial charge < -0.3 is 9.84 Å². The number of halogens is 3. The van der Waals surface area contributed by atoms with Crippen molar-refractivity contribution in [1.82, 2.24) is 10.5 Å². The van der Waals surface area contributed by atoms with E-state index in [2.05, 4.69) is 10.5 Å². The molecule has 2 aromatic rings. The summed E-state index contributed by atoms with van der Waals surface area (Å²) in [5.74, 6) is 0.181. The number of nitrogens with one attached hydrogen (secondary N) is 1. The fourth-order valence-electron chi connectivity index (χ4n) is 2.28. The Kier molecular flexibility index (Phi) is 4.32. The zero-order valence-electron chi connectivity index (χ0n) is 11.4. The van der Waals surface area contributed by atoms with Gasteiger partial charge in [-0.15, -0.1) is 0 Å². The monoisotopic (exact) mass is 286 g/mol. The zero-order chi connectivity index (χ0) is 14.8. The molecule has 0 spiro atoms. The number of benzene rings is 1. The van der Waals surface area contributed by atoms with E-state index < -0.39 is 11.7 Å². The second-order valence-corrected chi connectivity index (χ2v) is 4.77. The maximum atomic E-state index is 12.6. The van der Waals surface area contributed by atoms with Gasteiger partial charge in [0.1, 0.15) is 0 Å². The van der Waals surface area contributed by atoms with Gasteiger partial charge in [0.25, 0.3) is 0 Å². The van der Waals surface area contributed by atoms with Crippen LogP contribution < -0.4 is 5.32 Å². The van der Waals surface area contributed by atoms with Crippen LogP contribution in [0.4, 0.5) is 13.2 Å². The highest BCUT2D eigenvalue weighted by Crippen LogP contribution is 2.34. The highest BCUT2D eigenvalue weighted by molar-refractivity contribution is 5.80. The summed E-state index contributed by atoms with van der Waals surface area (Å²) >= 11 is 0. The van der Waals surface area contributed by atoms with Gasteiger partial charge in [0, 0.05) is 11.3 Å². The Hall–Kier alpha value is -1.56. The molecule has 0 aliphatic rings. The minimum absolute atomic E-state index is 0.181. The predicted molar refractivity (Wildman–Crippen MR) is 70.6 cm³/mol. The maximum absolute atomic E-state index is 12.6. The van der Waals surface area contributed by atoms with Crippen molar-refractivity contribution in [2.24, 2.45) is 0 Å². The molecule has 0 aliphatic heterocycles. The Morgan fingerprint density at radius 3 is 2.70 bits per heavy atom. The normalized spacial score (nSPS) is 13.8. The van der Waals surface area contributed by atoms with E-state index in [4.69, 9.17) is 4.52 Å². The van der Waals surface area contributed by atoms with E-state index in [1.807, 2.05) is 14.0 Å². The zero-order valence-corrected chi connectivity index (χ0v) is 11.4. The number of aromatic nitrogens is 1. The number of nitrogens with zero attached hydrogens (tertiary/aromatic N) is 1. The van der Waals surface area contributed by atoms with Gasteiger partial charge in [-0.3, -0.25) is 0 Å². The molecule has 0 fully saturated rings. The molecule has 1 atom stereocenters. The first-order valence-corrected chi connectivity index (χ1v) is 6.58. The van der Waals surface area contributed by atoms with Gasteiger partial charge in [0.2, 0.25) is 0 Å². The molecule has 20 heavy (non-hydrogen) atoms. The molecule has 1 heterocycles. The van der Waals surface area contributed by atoms with Gasteiger partial charge in [-0.25, -0.2) is 0 Å². The van der Waals surface area contributed by atoms with Crippen molar-refractivity contribution in [3.63, 3.8) is 0 Å². The summed E-state index contributed by atoms with van der Waals surface area (Å²) in [5.41, 5.74) is 0.222. The minimum Gasteiger partial charge on any atom is -0.356 e. The first kappa shape index (κ1) is 14.8. The number of hydrogen-bond donors (Lipinski definition) is 1. The van der Waals surface area contributed by atoms with E-state index in [0.717, 1.165) is 37.2 Å². The minimum atomic E-state index is -4.36. The van der Waals surface area contributed by atoms with Crippen LogP contribution in [0.2, 0.25) is 0 Å². The number of hydrogen-bond acceptors (Lipinski definition) is 3. The SMILES string of the molecule is CCC(CCNC)c1noc2cc(C(F)(F)F)ccc12. The number of alkyl halides is 3. The molecule has 0 saturated heterocycles. The van der Waals surface area contributed by atoms with Gasteiger partial charge in [-0.1, -0.05) is 12.1 Å². The Morgan fingerprint density at radius 2 is 2.10 bits per heavy atom. The van der Waals surface area contributed by atoms with Crippen LogP contribution in [0.25, 0.3) is 11.0 Å². The fourth-order valence-corrected chi connectivity index (χ4v) is 2.28. The van der Waals surface area contributed by atoms with E-state index in [1.165, 1.54) is 6.07 Å². The van der Waals surface area contributed by atoms with Crippen LogP contribution in [0.5, 0.6) is 0 Å². The van der Waals surface area contributed by atoms with Gasteiger partial charge in [-0.2, -0.15) is 13.2 Å². The van der Waals surface area contributed by atoms with Crippen LogP contribution in [0.3, 0.4) is 0 Å². The molecular formula is C14H17F3N2O. The third kappa shape index (κ3) is 2.95. The molecule has 0 radical (unpaired) electrons. The topological polar surface area (TPSA) is 38.1 Å². The average Bonchev–Trinajstić information content (AvgIpc) is 2.82. The Morgan fingerprint density at radius 1 is 1.35 bits per heavy atom. The molecular weight excluding hydrogens is 269 g/mol. The Bertz CT molecular complexity index is 577. The molecule has 0 bridgehead atoms. The van der Waals surface area contributed by atoms with E-state index in [1.54, 1.807) is 0 Å². The van der Waals surface area contributed by atoms with Gasteiger partial charge in [0.15, 0.2) is 5.58 Å². The van der Waals surface area contributed by atoms with Crippen molar-refractivity contribution in [1.29, 1.82) is 0 Å². The van der Waals surface area contributed by atoms with Crippen molar-refractivity contribution in [3.05, 3.63) is 29.5 Å². The average molecular weight is 286 g/mol. The maximum Gasteiger partial charge on any atom is 0.416 e. The van der Waals surface area contributed by atoms with Crippen LogP contribution in [0.15, 0.2) is 22.7 Å². The predicted octanol–water partition coefficient (Wildman–Crippen LogP) is 3.95. The Balaban J connectivity index is 2.37. The summed E-state index contributed by atoms with van der Waals surface area (Å²) in [4.78, 5) is 0. The third-order valence-corrected chi connectivity index (χ3v) is 3.45. The van der Waals surface area contributed by atoms with Crippen molar-refractivity contribution in [2.75, 3.05) is 13.6 Å². The van der Waals surface area contributed by atoms with Crippen molar-refractivity contribution >= 4 is 11.0 Å². The van der Waals surface area contributed by atoms with E-state index >= 15 is 0 Å². The first-order chi connectivity index (χ1) is 9.47.